The van der Waals surface area contributed by atoms with Gasteiger partial charge in [-0.25, -0.2) is 8.42 Å². The Morgan fingerprint density at radius 1 is 0.800 bits per heavy atom. The van der Waals surface area contributed by atoms with E-state index in [-0.39, 0.29) is 10.8 Å². The van der Waals surface area contributed by atoms with Crippen molar-refractivity contribution >= 4 is 15.9 Å². The molecule has 0 heterocycles. The van der Waals surface area contributed by atoms with Gasteiger partial charge in [-0.2, -0.15) is 4.31 Å². The number of benzene rings is 1. The van der Waals surface area contributed by atoms with Crippen molar-refractivity contribution in [1.82, 2.24) is 9.21 Å². The SMILES string of the molecule is CCCN(CCC)C(=O)c1ccc(S(=O)(=O)N(CCC)CCC)cc1. The second-order valence-corrected chi connectivity index (χ2v) is 8.16. The van der Waals surface area contributed by atoms with Crippen LogP contribution in [0.5, 0.6) is 0 Å². The van der Waals surface area contributed by atoms with Gasteiger partial charge >= 0.3 is 0 Å². The predicted octanol–water partition coefficient (Wildman–Crippen LogP) is 3.76. The topological polar surface area (TPSA) is 57.7 Å². The van der Waals surface area contributed by atoms with Crippen molar-refractivity contribution in [3.63, 3.8) is 0 Å². The molecule has 25 heavy (non-hydrogen) atoms. The highest BCUT2D eigenvalue weighted by molar-refractivity contribution is 7.89. The van der Waals surface area contributed by atoms with Crippen molar-refractivity contribution in [1.29, 1.82) is 0 Å². The summed E-state index contributed by atoms with van der Waals surface area (Å²) in [6.45, 7) is 10.5. The number of sulfonamides is 1. The van der Waals surface area contributed by atoms with E-state index < -0.39 is 10.0 Å². The molecule has 1 aromatic rings. The monoisotopic (exact) mass is 368 g/mol. The number of carbonyl (C=O) groups excluding carboxylic acids is 1. The lowest BCUT2D eigenvalue weighted by molar-refractivity contribution is 0.0755. The van der Waals surface area contributed by atoms with Gasteiger partial charge < -0.3 is 4.90 Å². The van der Waals surface area contributed by atoms with E-state index >= 15 is 0 Å². The standard InChI is InChI=1S/C19H32N2O3S/c1-5-13-20(14-6-2)19(22)17-9-11-18(12-10-17)25(23,24)21(15-7-3)16-8-4/h9-12H,5-8,13-16H2,1-4H3. The van der Waals surface area contributed by atoms with Gasteiger partial charge in [-0.3, -0.25) is 4.79 Å². The number of carbonyl (C=O) groups is 1. The molecule has 1 aromatic carbocycles. The Balaban J connectivity index is 3.02. The molecule has 142 valence electrons. The highest BCUT2D eigenvalue weighted by atomic mass is 32.2. The molecule has 0 N–H and O–H groups in total. The zero-order valence-corrected chi connectivity index (χ0v) is 16.8. The minimum absolute atomic E-state index is 0.0355. The maximum absolute atomic E-state index is 12.8. The van der Waals surface area contributed by atoms with Gasteiger partial charge in [0.05, 0.1) is 4.90 Å². The molecule has 0 aliphatic rings. The van der Waals surface area contributed by atoms with E-state index in [4.69, 9.17) is 0 Å². The van der Waals surface area contributed by atoms with Crippen molar-refractivity contribution in [3.8, 4) is 0 Å². The molecule has 1 amide bonds. The Hall–Kier alpha value is -1.40. The van der Waals surface area contributed by atoms with Gasteiger partial charge in [0.2, 0.25) is 10.0 Å². The maximum atomic E-state index is 12.8. The molecule has 0 saturated heterocycles. The van der Waals surface area contributed by atoms with Crippen LogP contribution in [0, 0.1) is 0 Å². The van der Waals surface area contributed by atoms with Crippen LogP contribution >= 0.6 is 0 Å². The molecule has 0 aliphatic heterocycles. The maximum Gasteiger partial charge on any atom is 0.253 e. The predicted molar refractivity (Wildman–Crippen MR) is 102 cm³/mol. The van der Waals surface area contributed by atoms with Gasteiger partial charge in [-0.1, -0.05) is 27.7 Å². The van der Waals surface area contributed by atoms with E-state index in [1.807, 2.05) is 32.6 Å². The van der Waals surface area contributed by atoms with Crippen molar-refractivity contribution in [2.24, 2.45) is 0 Å². The lowest BCUT2D eigenvalue weighted by Crippen LogP contribution is -2.33. The van der Waals surface area contributed by atoms with E-state index in [2.05, 4.69) is 0 Å². The zero-order valence-electron chi connectivity index (χ0n) is 16.0. The molecular formula is C19H32N2O3S. The van der Waals surface area contributed by atoms with Crippen LogP contribution in [0.3, 0.4) is 0 Å². The summed E-state index contributed by atoms with van der Waals surface area (Å²) >= 11 is 0. The third kappa shape index (κ3) is 5.82. The Morgan fingerprint density at radius 3 is 1.64 bits per heavy atom. The Labute approximate surface area is 153 Å². The summed E-state index contributed by atoms with van der Waals surface area (Å²) in [4.78, 5) is 14.7. The molecule has 0 fully saturated rings. The molecule has 0 aliphatic carbocycles. The second-order valence-electron chi connectivity index (χ2n) is 6.22. The lowest BCUT2D eigenvalue weighted by Gasteiger charge is -2.22. The van der Waals surface area contributed by atoms with Gasteiger partial charge in [-0.05, 0) is 49.9 Å². The van der Waals surface area contributed by atoms with E-state index in [1.54, 1.807) is 24.3 Å². The fourth-order valence-electron chi connectivity index (χ4n) is 2.81. The molecule has 0 radical (unpaired) electrons. The molecule has 5 nitrogen and oxygen atoms in total. The first kappa shape index (κ1) is 21.6. The van der Waals surface area contributed by atoms with Gasteiger partial charge in [0.25, 0.3) is 5.91 Å². The van der Waals surface area contributed by atoms with Gasteiger partial charge in [0, 0.05) is 31.7 Å². The average molecular weight is 369 g/mol. The summed E-state index contributed by atoms with van der Waals surface area (Å²) in [6.07, 6.45) is 3.36. The Morgan fingerprint density at radius 2 is 1.24 bits per heavy atom. The smallest absolute Gasteiger partial charge is 0.253 e. The summed E-state index contributed by atoms with van der Waals surface area (Å²) in [6, 6.07) is 6.36. The summed E-state index contributed by atoms with van der Waals surface area (Å²) in [5.41, 5.74) is 0.540. The van der Waals surface area contributed by atoms with Crippen LogP contribution in [0.2, 0.25) is 0 Å². The van der Waals surface area contributed by atoms with Crippen LogP contribution < -0.4 is 0 Å². The zero-order chi connectivity index (χ0) is 18.9. The number of amides is 1. The van der Waals surface area contributed by atoms with Crippen molar-refractivity contribution in [3.05, 3.63) is 29.8 Å². The quantitative estimate of drug-likeness (QED) is 0.597. The normalized spacial score (nSPS) is 11.7. The molecule has 0 atom stereocenters. The first-order chi connectivity index (χ1) is 11.9. The Bertz CT molecular complexity index is 615. The minimum atomic E-state index is -3.50. The molecule has 0 spiro atoms. The van der Waals surface area contributed by atoms with Crippen LogP contribution in [0.25, 0.3) is 0 Å². The van der Waals surface area contributed by atoms with Crippen molar-refractivity contribution < 1.29 is 13.2 Å². The summed E-state index contributed by atoms with van der Waals surface area (Å²) in [7, 11) is -3.50. The second kappa shape index (κ2) is 10.6. The first-order valence-electron chi connectivity index (χ1n) is 9.31. The van der Waals surface area contributed by atoms with E-state index in [0.717, 1.165) is 25.7 Å². The van der Waals surface area contributed by atoms with E-state index in [1.165, 1.54) is 4.31 Å². The van der Waals surface area contributed by atoms with Crippen LogP contribution in [0.15, 0.2) is 29.2 Å². The summed E-state index contributed by atoms with van der Waals surface area (Å²) < 4.78 is 27.0. The van der Waals surface area contributed by atoms with E-state index in [9.17, 15) is 13.2 Å². The number of hydrogen-bond acceptors (Lipinski definition) is 3. The van der Waals surface area contributed by atoms with Gasteiger partial charge in [-0.15, -0.1) is 0 Å². The highest BCUT2D eigenvalue weighted by Gasteiger charge is 2.23. The van der Waals surface area contributed by atoms with Crippen LogP contribution in [0.4, 0.5) is 0 Å². The van der Waals surface area contributed by atoms with Crippen LogP contribution in [0.1, 0.15) is 63.7 Å². The van der Waals surface area contributed by atoms with Crippen molar-refractivity contribution in [2.75, 3.05) is 26.2 Å². The first-order valence-corrected chi connectivity index (χ1v) is 10.8. The summed E-state index contributed by atoms with van der Waals surface area (Å²) in [5, 5.41) is 0. The molecule has 1 rings (SSSR count). The van der Waals surface area contributed by atoms with E-state index in [0.29, 0.717) is 31.7 Å². The third-order valence-corrected chi connectivity index (χ3v) is 5.87. The Kier molecular flexibility index (Phi) is 9.14. The van der Waals surface area contributed by atoms with Crippen LogP contribution in [-0.4, -0.2) is 49.7 Å². The third-order valence-electron chi connectivity index (χ3n) is 3.96. The average Bonchev–Trinajstić information content (AvgIpc) is 2.61. The molecule has 0 unspecified atom stereocenters. The minimum Gasteiger partial charge on any atom is -0.339 e. The highest BCUT2D eigenvalue weighted by Crippen LogP contribution is 2.18. The van der Waals surface area contributed by atoms with Crippen molar-refractivity contribution in [2.45, 2.75) is 58.3 Å². The molecule has 6 heteroatoms. The molecule has 0 aromatic heterocycles. The largest absolute Gasteiger partial charge is 0.339 e. The van der Waals surface area contributed by atoms with Gasteiger partial charge in [0.15, 0.2) is 0 Å². The van der Waals surface area contributed by atoms with Gasteiger partial charge in [0.1, 0.15) is 0 Å². The lowest BCUT2D eigenvalue weighted by atomic mass is 10.2. The fourth-order valence-corrected chi connectivity index (χ4v) is 4.43. The molecule has 0 saturated carbocycles. The number of rotatable bonds is 11. The number of nitrogens with zero attached hydrogens (tertiary/aromatic N) is 2. The molecule has 0 bridgehead atoms. The summed E-state index contributed by atoms with van der Waals surface area (Å²) in [5.74, 6) is -0.0355. The fraction of sp³-hybridized carbons (Fsp3) is 0.632. The van der Waals surface area contributed by atoms with Crippen LogP contribution in [-0.2, 0) is 10.0 Å². The molecular weight excluding hydrogens is 336 g/mol. The number of hydrogen-bond donors (Lipinski definition) is 0.